The van der Waals surface area contributed by atoms with E-state index in [0.717, 1.165) is 12.0 Å². The van der Waals surface area contributed by atoms with Gasteiger partial charge in [0.15, 0.2) is 0 Å². The van der Waals surface area contributed by atoms with E-state index in [4.69, 9.17) is 0 Å². The van der Waals surface area contributed by atoms with Gasteiger partial charge in [0.25, 0.3) is 0 Å². The number of nitrogens with one attached hydrogen (secondary N) is 1. The fraction of sp³-hybridized carbons (Fsp3) is 1.00. The van der Waals surface area contributed by atoms with E-state index in [1.54, 1.807) is 0 Å². The molecule has 2 fully saturated rings. The topological polar surface area (TPSA) is 18.5 Å². The standard InChI is InChI=1S/C15H31N3/c1-3-8-16-15(14-6-4-5-7-14)13-18-11-9-17(2)10-12-18/h14-16H,3-13H2,1-2H3. The van der Waals surface area contributed by atoms with Crippen LogP contribution in [0, 0.1) is 5.92 Å². The van der Waals surface area contributed by atoms with Gasteiger partial charge < -0.3 is 10.2 Å². The van der Waals surface area contributed by atoms with Gasteiger partial charge in [-0.15, -0.1) is 0 Å². The molecular weight excluding hydrogens is 222 g/mol. The van der Waals surface area contributed by atoms with Gasteiger partial charge in [0.2, 0.25) is 0 Å². The first-order valence-corrected chi connectivity index (χ1v) is 7.94. The van der Waals surface area contributed by atoms with Crippen LogP contribution in [-0.2, 0) is 0 Å². The maximum absolute atomic E-state index is 3.81. The molecule has 1 unspecified atom stereocenters. The van der Waals surface area contributed by atoms with Gasteiger partial charge >= 0.3 is 0 Å². The van der Waals surface area contributed by atoms with Crippen molar-refractivity contribution in [3.8, 4) is 0 Å². The molecule has 106 valence electrons. The van der Waals surface area contributed by atoms with Crippen molar-refractivity contribution in [3.63, 3.8) is 0 Å². The molecule has 2 rings (SSSR count). The fourth-order valence-electron chi connectivity index (χ4n) is 3.38. The lowest BCUT2D eigenvalue weighted by atomic mass is 9.97. The Kier molecular flexibility index (Phi) is 5.93. The highest BCUT2D eigenvalue weighted by molar-refractivity contribution is 4.84. The largest absolute Gasteiger partial charge is 0.312 e. The van der Waals surface area contributed by atoms with Crippen LogP contribution in [0.2, 0.25) is 0 Å². The number of hydrogen-bond acceptors (Lipinski definition) is 3. The predicted molar refractivity (Wildman–Crippen MR) is 78.0 cm³/mol. The molecule has 1 aliphatic carbocycles. The van der Waals surface area contributed by atoms with Gasteiger partial charge in [-0.3, -0.25) is 4.90 Å². The van der Waals surface area contributed by atoms with E-state index < -0.39 is 0 Å². The van der Waals surface area contributed by atoms with Gasteiger partial charge in [-0.2, -0.15) is 0 Å². The summed E-state index contributed by atoms with van der Waals surface area (Å²) in [5.74, 6) is 0.941. The SMILES string of the molecule is CCCNC(CN1CCN(C)CC1)C1CCCC1. The number of piperazine rings is 1. The molecule has 18 heavy (non-hydrogen) atoms. The monoisotopic (exact) mass is 253 g/mol. The van der Waals surface area contributed by atoms with Crippen molar-refractivity contribution in [2.45, 2.75) is 45.1 Å². The summed E-state index contributed by atoms with van der Waals surface area (Å²) in [5.41, 5.74) is 0. The third-order valence-electron chi connectivity index (χ3n) is 4.68. The summed E-state index contributed by atoms with van der Waals surface area (Å²) >= 11 is 0. The molecule has 1 saturated carbocycles. The average molecular weight is 253 g/mol. The molecule has 1 heterocycles. The maximum Gasteiger partial charge on any atom is 0.0223 e. The average Bonchev–Trinajstić information content (AvgIpc) is 2.90. The Bertz CT molecular complexity index is 218. The minimum atomic E-state index is 0.746. The highest BCUT2D eigenvalue weighted by Crippen LogP contribution is 2.28. The number of rotatable bonds is 6. The lowest BCUT2D eigenvalue weighted by Gasteiger charge is -2.36. The third kappa shape index (κ3) is 4.22. The van der Waals surface area contributed by atoms with Crippen molar-refractivity contribution in [3.05, 3.63) is 0 Å². The molecule has 0 aromatic carbocycles. The van der Waals surface area contributed by atoms with Crippen LogP contribution < -0.4 is 5.32 Å². The number of hydrogen-bond donors (Lipinski definition) is 1. The van der Waals surface area contributed by atoms with E-state index in [1.807, 2.05) is 0 Å². The number of nitrogens with zero attached hydrogens (tertiary/aromatic N) is 2. The van der Waals surface area contributed by atoms with Crippen LogP contribution in [0.4, 0.5) is 0 Å². The van der Waals surface area contributed by atoms with E-state index in [0.29, 0.717) is 0 Å². The van der Waals surface area contributed by atoms with Crippen molar-refractivity contribution >= 4 is 0 Å². The van der Waals surface area contributed by atoms with Gasteiger partial charge in [0.1, 0.15) is 0 Å². The molecule has 3 nitrogen and oxygen atoms in total. The van der Waals surface area contributed by atoms with E-state index in [-0.39, 0.29) is 0 Å². The van der Waals surface area contributed by atoms with Crippen LogP contribution in [0.25, 0.3) is 0 Å². The molecular formula is C15H31N3. The highest BCUT2D eigenvalue weighted by atomic mass is 15.3. The van der Waals surface area contributed by atoms with Crippen LogP contribution in [0.3, 0.4) is 0 Å². The van der Waals surface area contributed by atoms with E-state index in [9.17, 15) is 0 Å². The zero-order valence-corrected chi connectivity index (χ0v) is 12.3. The molecule has 0 bridgehead atoms. The van der Waals surface area contributed by atoms with E-state index >= 15 is 0 Å². The second-order valence-electron chi connectivity index (χ2n) is 6.21. The normalized spacial score (nSPS) is 25.7. The van der Waals surface area contributed by atoms with Gasteiger partial charge in [0.05, 0.1) is 0 Å². The smallest absolute Gasteiger partial charge is 0.0223 e. The Labute approximate surface area is 113 Å². The molecule has 0 amide bonds. The van der Waals surface area contributed by atoms with Crippen molar-refractivity contribution in [2.75, 3.05) is 46.3 Å². The molecule has 0 spiro atoms. The molecule has 1 N–H and O–H groups in total. The maximum atomic E-state index is 3.81. The zero-order valence-electron chi connectivity index (χ0n) is 12.3. The Morgan fingerprint density at radius 3 is 2.39 bits per heavy atom. The van der Waals surface area contributed by atoms with Gasteiger partial charge in [-0.1, -0.05) is 19.8 Å². The minimum absolute atomic E-state index is 0.746. The third-order valence-corrected chi connectivity index (χ3v) is 4.68. The van der Waals surface area contributed by atoms with Gasteiger partial charge in [-0.25, -0.2) is 0 Å². The molecule has 0 radical (unpaired) electrons. The summed E-state index contributed by atoms with van der Waals surface area (Å²) < 4.78 is 0. The molecule has 1 atom stereocenters. The van der Waals surface area contributed by atoms with Crippen LogP contribution in [0.1, 0.15) is 39.0 Å². The fourth-order valence-corrected chi connectivity index (χ4v) is 3.38. The summed E-state index contributed by atoms with van der Waals surface area (Å²) in [7, 11) is 2.24. The summed E-state index contributed by atoms with van der Waals surface area (Å²) in [5, 5.41) is 3.81. The van der Waals surface area contributed by atoms with Crippen LogP contribution in [0.5, 0.6) is 0 Å². The van der Waals surface area contributed by atoms with Crippen molar-refractivity contribution in [1.29, 1.82) is 0 Å². The van der Waals surface area contributed by atoms with E-state index in [1.165, 1.54) is 71.4 Å². The summed E-state index contributed by atoms with van der Waals surface area (Å²) in [4.78, 5) is 5.12. The van der Waals surface area contributed by atoms with Crippen molar-refractivity contribution < 1.29 is 0 Å². The quantitative estimate of drug-likeness (QED) is 0.778. The molecule has 3 heteroatoms. The van der Waals surface area contributed by atoms with Crippen LogP contribution in [0.15, 0.2) is 0 Å². The molecule has 2 aliphatic rings. The Morgan fingerprint density at radius 1 is 1.11 bits per heavy atom. The second-order valence-corrected chi connectivity index (χ2v) is 6.21. The first kappa shape index (κ1) is 14.3. The number of likely N-dealkylation sites (N-methyl/N-ethyl adjacent to an activating group) is 1. The molecule has 1 saturated heterocycles. The Balaban J connectivity index is 1.79. The lowest BCUT2D eigenvalue weighted by Crippen LogP contribution is -2.51. The van der Waals surface area contributed by atoms with Gasteiger partial charge in [0, 0.05) is 38.8 Å². The van der Waals surface area contributed by atoms with Crippen molar-refractivity contribution in [2.24, 2.45) is 5.92 Å². The lowest BCUT2D eigenvalue weighted by molar-refractivity contribution is 0.130. The highest BCUT2D eigenvalue weighted by Gasteiger charge is 2.27. The summed E-state index contributed by atoms with van der Waals surface area (Å²) in [6.07, 6.45) is 7.08. The first-order valence-electron chi connectivity index (χ1n) is 7.94. The van der Waals surface area contributed by atoms with Crippen LogP contribution >= 0.6 is 0 Å². The van der Waals surface area contributed by atoms with Crippen LogP contribution in [-0.4, -0.2) is 62.2 Å². The summed E-state index contributed by atoms with van der Waals surface area (Å²) in [6.45, 7) is 9.74. The van der Waals surface area contributed by atoms with Gasteiger partial charge in [-0.05, 0) is 38.8 Å². The Morgan fingerprint density at radius 2 is 1.78 bits per heavy atom. The minimum Gasteiger partial charge on any atom is -0.312 e. The first-order chi connectivity index (χ1) is 8.79. The summed E-state index contributed by atoms with van der Waals surface area (Å²) in [6, 6.07) is 0.746. The molecule has 0 aromatic heterocycles. The van der Waals surface area contributed by atoms with Crippen molar-refractivity contribution in [1.82, 2.24) is 15.1 Å². The second kappa shape index (κ2) is 7.46. The zero-order chi connectivity index (χ0) is 12.8. The predicted octanol–water partition coefficient (Wildman–Crippen LogP) is 1.79. The molecule has 0 aromatic rings. The Hall–Kier alpha value is -0.120. The molecule has 1 aliphatic heterocycles. The van der Waals surface area contributed by atoms with E-state index in [2.05, 4.69) is 29.1 Å².